The van der Waals surface area contributed by atoms with Gasteiger partial charge in [-0.2, -0.15) is 5.10 Å². The summed E-state index contributed by atoms with van der Waals surface area (Å²) in [6.07, 6.45) is 8.70. The minimum atomic E-state index is -0.247. The number of hydrogen-bond acceptors (Lipinski definition) is 3. The number of hydrazine groups is 1. The van der Waals surface area contributed by atoms with Gasteiger partial charge in [-0.1, -0.05) is 5.92 Å². The molecule has 1 atom stereocenters. The van der Waals surface area contributed by atoms with E-state index in [0.29, 0.717) is 0 Å². The maximum absolute atomic E-state index is 5.20. The lowest BCUT2D eigenvalue weighted by Gasteiger charge is -2.03. The van der Waals surface area contributed by atoms with E-state index in [1.807, 2.05) is 13.2 Å². The van der Waals surface area contributed by atoms with Crippen LogP contribution in [0.15, 0.2) is 12.4 Å². The van der Waals surface area contributed by atoms with Crippen molar-refractivity contribution in [3.63, 3.8) is 0 Å². The number of aryl methyl sites for hydroxylation is 1. The van der Waals surface area contributed by atoms with E-state index in [4.69, 9.17) is 12.3 Å². The average Bonchev–Trinajstić information content (AvgIpc) is 2.39. The Morgan fingerprint density at radius 1 is 1.91 bits per heavy atom. The van der Waals surface area contributed by atoms with Crippen LogP contribution in [0.3, 0.4) is 0 Å². The molecule has 1 rings (SSSR count). The molecule has 0 aliphatic rings. The fourth-order valence-electron chi connectivity index (χ4n) is 0.830. The Morgan fingerprint density at radius 2 is 2.64 bits per heavy atom. The maximum Gasteiger partial charge on any atom is 0.109 e. The molecule has 0 aliphatic heterocycles. The fourth-order valence-corrected chi connectivity index (χ4v) is 0.830. The molecule has 1 aromatic rings. The third-order valence-corrected chi connectivity index (χ3v) is 1.39. The lowest BCUT2D eigenvalue weighted by molar-refractivity contribution is 0.672. The third-order valence-electron chi connectivity index (χ3n) is 1.39. The highest BCUT2D eigenvalue weighted by atomic mass is 15.3. The summed E-state index contributed by atoms with van der Waals surface area (Å²) in [5, 5.41) is 3.96. The number of nitrogens with one attached hydrogen (secondary N) is 1. The molecule has 1 heterocycles. The number of rotatable bonds is 2. The number of hydrogen-bond donors (Lipinski definition) is 2. The van der Waals surface area contributed by atoms with Crippen LogP contribution in [0.4, 0.5) is 0 Å². The van der Waals surface area contributed by atoms with Crippen molar-refractivity contribution in [2.45, 2.75) is 6.04 Å². The quantitative estimate of drug-likeness (QED) is 0.341. The van der Waals surface area contributed by atoms with Crippen molar-refractivity contribution >= 4 is 0 Å². The van der Waals surface area contributed by atoms with Gasteiger partial charge in [-0.05, 0) is 0 Å². The van der Waals surface area contributed by atoms with Gasteiger partial charge in [0.2, 0.25) is 0 Å². The summed E-state index contributed by atoms with van der Waals surface area (Å²) in [5.74, 6) is 7.69. The molecule has 0 aliphatic carbocycles. The highest BCUT2D eigenvalue weighted by Gasteiger charge is 2.06. The summed E-state index contributed by atoms with van der Waals surface area (Å²) >= 11 is 0. The first-order valence-corrected chi connectivity index (χ1v) is 3.18. The molecule has 0 fully saturated rings. The van der Waals surface area contributed by atoms with Crippen LogP contribution in [0, 0.1) is 12.3 Å². The lowest BCUT2D eigenvalue weighted by atomic mass is 10.2. The van der Waals surface area contributed by atoms with Crippen LogP contribution in [0.5, 0.6) is 0 Å². The molecule has 0 saturated heterocycles. The number of aromatic nitrogens is 2. The van der Waals surface area contributed by atoms with Gasteiger partial charge < -0.3 is 0 Å². The number of nitrogens with two attached hydrogens (primary N) is 1. The first-order valence-electron chi connectivity index (χ1n) is 3.18. The van der Waals surface area contributed by atoms with E-state index in [2.05, 4.69) is 16.4 Å². The minimum absolute atomic E-state index is 0.247. The standard InChI is InChI=1S/C7H10N4/c1-3-7(10-8)6-4-9-11(2)5-6/h1,4-5,7,10H,8H2,2H3. The van der Waals surface area contributed by atoms with Crippen LogP contribution in [-0.2, 0) is 7.05 Å². The molecule has 0 bridgehead atoms. The SMILES string of the molecule is C#CC(NN)c1cnn(C)c1. The van der Waals surface area contributed by atoms with Gasteiger partial charge in [0.05, 0.1) is 6.20 Å². The Hall–Kier alpha value is -1.31. The summed E-state index contributed by atoms with van der Waals surface area (Å²) in [7, 11) is 1.83. The third kappa shape index (κ3) is 1.58. The van der Waals surface area contributed by atoms with Crippen molar-refractivity contribution in [2.24, 2.45) is 12.9 Å². The van der Waals surface area contributed by atoms with Crippen LogP contribution < -0.4 is 11.3 Å². The van der Waals surface area contributed by atoms with Gasteiger partial charge in [-0.25, -0.2) is 5.43 Å². The summed E-state index contributed by atoms with van der Waals surface area (Å²) in [6, 6.07) is -0.247. The van der Waals surface area contributed by atoms with Gasteiger partial charge in [0.15, 0.2) is 0 Å². The van der Waals surface area contributed by atoms with Crippen LogP contribution in [-0.4, -0.2) is 9.78 Å². The number of terminal acetylenes is 1. The van der Waals surface area contributed by atoms with E-state index in [1.165, 1.54) is 0 Å². The van der Waals surface area contributed by atoms with Crippen LogP contribution >= 0.6 is 0 Å². The van der Waals surface area contributed by atoms with Crippen LogP contribution in [0.2, 0.25) is 0 Å². The molecule has 0 spiro atoms. The molecule has 4 heteroatoms. The summed E-state index contributed by atoms with van der Waals surface area (Å²) < 4.78 is 1.68. The zero-order chi connectivity index (χ0) is 8.27. The lowest BCUT2D eigenvalue weighted by Crippen LogP contribution is -2.26. The average molecular weight is 150 g/mol. The second-order valence-corrected chi connectivity index (χ2v) is 2.21. The Morgan fingerprint density at radius 3 is 3.00 bits per heavy atom. The van der Waals surface area contributed by atoms with Gasteiger partial charge in [0.1, 0.15) is 6.04 Å². The zero-order valence-corrected chi connectivity index (χ0v) is 6.28. The molecular formula is C7H10N4. The molecule has 11 heavy (non-hydrogen) atoms. The van der Waals surface area contributed by atoms with Crippen molar-refractivity contribution in [3.05, 3.63) is 18.0 Å². The monoisotopic (exact) mass is 150 g/mol. The van der Waals surface area contributed by atoms with Crippen molar-refractivity contribution in [1.29, 1.82) is 0 Å². The largest absolute Gasteiger partial charge is 0.275 e. The Balaban J connectivity index is 2.84. The van der Waals surface area contributed by atoms with E-state index in [-0.39, 0.29) is 6.04 Å². The minimum Gasteiger partial charge on any atom is -0.275 e. The second-order valence-electron chi connectivity index (χ2n) is 2.21. The highest BCUT2D eigenvalue weighted by Crippen LogP contribution is 2.07. The second kappa shape index (κ2) is 3.19. The summed E-state index contributed by atoms with van der Waals surface area (Å²) in [5.41, 5.74) is 3.39. The number of nitrogens with zero attached hydrogens (tertiary/aromatic N) is 2. The van der Waals surface area contributed by atoms with Crippen LogP contribution in [0.25, 0.3) is 0 Å². The molecule has 1 unspecified atom stereocenters. The molecular weight excluding hydrogens is 140 g/mol. The molecule has 3 N–H and O–H groups in total. The van der Waals surface area contributed by atoms with Gasteiger partial charge in [0, 0.05) is 18.8 Å². The Kier molecular flexibility index (Phi) is 2.26. The van der Waals surface area contributed by atoms with Crippen molar-refractivity contribution in [3.8, 4) is 12.3 Å². The summed E-state index contributed by atoms with van der Waals surface area (Å²) in [6.45, 7) is 0. The molecule has 1 aromatic heterocycles. The van der Waals surface area contributed by atoms with Gasteiger partial charge in [0.25, 0.3) is 0 Å². The fraction of sp³-hybridized carbons (Fsp3) is 0.286. The molecule has 0 radical (unpaired) electrons. The smallest absolute Gasteiger partial charge is 0.109 e. The van der Waals surface area contributed by atoms with E-state index in [0.717, 1.165) is 5.56 Å². The van der Waals surface area contributed by atoms with Crippen molar-refractivity contribution < 1.29 is 0 Å². The predicted molar refractivity (Wildman–Crippen MR) is 42.1 cm³/mol. The molecule has 58 valence electrons. The van der Waals surface area contributed by atoms with Crippen molar-refractivity contribution in [2.75, 3.05) is 0 Å². The van der Waals surface area contributed by atoms with Gasteiger partial charge in [-0.3, -0.25) is 10.5 Å². The first-order chi connectivity index (χ1) is 5.27. The van der Waals surface area contributed by atoms with Crippen molar-refractivity contribution in [1.82, 2.24) is 15.2 Å². The van der Waals surface area contributed by atoms with E-state index in [9.17, 15) is 0 Å². The molecule has 0 aromatic carbocycles. The first kappa shape index (κ1) is 7.79. The zero-order valence-electron chi connectivity index (χ0n) is 6.28. The van der Waals surface area contributed by atoms with E-state index >= 15 is 0 Å². The van der Waals surface area contributed by atoms with E-state index < -0.39 is 0 Å². The van der Waals surface area contributed by atoms with E-state index in [1.54, 1.807) is 10.9 Å². The van der Waals surface area contributed by atoms with Crippen LogP contribution in [0.1, 0.15) is 11.6 Å². The highest BCUT2D eigenvalue weighted by molar-refractivity contribution is 5.19. The Labute approximate surface area is 65.4 Å². The molecule has 0 saturated carbocycles. The maximum atomic E-state index is 5.20. The molecule has 4 nitrogen and oxygen atoms in total. The molecule has 0 amide bonds. The topological polar surface area (TPSA) is 55.9 Å². The van der Waals surface area contributed by atoms with Gasteiger partial charge in [-0.15, -0.1) is 6.42 Å². The summed E-state index contributed by atoms with van der Waals surface area (Å²) in [4.78, 5) is 0. The predicted octanol–water partition coefficient (Wildman–Crippen LogP) is -0.442. The normalized spacial score (nSPS) is 12.5. The van der Waals surface area contributed by atoms with Gasteiger partial charge >= 0.3 is 0 Å². The Bertz CT molecular complexity index is 270.